The number of amides is 3. The standard InChI is InChI=1S/C19H30N2O3/c1-13-7-3-6-10-16(13)20(2)17(22)11-12-21-18(23)14-8-4-5-9-15(14)19(21)24/h13-16H,3-12H2,1-2H3. The van der Waals surface area contributed by atoms with Gasteiger partial charge in [0.25, 0.3) is 0 Å². The fraction of sp³-hybridized carbons (Fsp3) is 0.842. The van der Waals surface area contributed by atoms with E-state index in [1.165, 1.54) is 24.2 Å². The molecule has 0 N–H and O–H groups in total. The third-order valence-corrected chi connectivity index (χ3v) is 6.44. The highest BCUT2D eigenvalue weighted by Gasteiger charge is 2.47. The zero-order valence-electron chi connectivity index (χ0n) is 15.0. The van der Waals surface area contributed by atoms with Crippen molar-refractivity contribution in [3.05, 3.63) is 0 Å². The van der Waals surface area contributed by atoms with E-state index >= 15 is 0 Å². The Balaban J connectivity index is 1.56. The summed E-state index contributed by atoms with van der Waals surface area (Å²) < 4.78 is 0. The summed E-state index contributed by atoms with van der Waals surface area (Å²) in [6.07, 6.45) is 8.67. The van der Waals surface area contributed by atoms with Crippen molar-refractivity contribution in [1.29, 1.82) is 0 Å². The van der Waals surface area contributed by atoms with Gasteiger partial charge in [0.2, 0.25) is 17.7 Å². The zero-order chi connectivity index (χ0) is 17.3. The molecule has 4 atom stereocenters. The van der Waals surface area contributed by atoms with Crippen molar-refractivity contribution in [1.82, 2.24) is 9.80 Å². The topological polar surface area (TPSA) is 57.7 Å². The molecule has 3 aliphatic rings. The van der Waals surface area contributed by atoms with E-state index in [4.69, 9.17) is 0 Å². The van der Waals surface area contributed by atoms with Crippen LogP contribution in [0.3, 0.4) is 0 Å². The Morgan fingerprint density at radius 3 is 2.12 bits per heavy atom. The fourth-order valence-corrected chi connectivity index (χ4v) is 4.89. The Kier molecular flexibility index (Phi) is 5.26. The Morgan fingerprint density at radius 2 is 1.54 bits per heavy atom. The Labute approximate surface area is 144 Å². The van der Waals surface area contributed by atoms with Gasteiger partial charge < -0.3 is 4.90 Å². The molecule has 3 rings (SSSR count). The summed E-state index contributed by atoms with van der Waals surface area (Å²) in [7, 11) is 1.88. The number of imide groups is 1. The molecule has 0 aromatic carbocycles. The molecule has 5 nitrogen and oxygen atoms in total. The van der Waals surface area contributed by atoms with Crippen LogP contribution in [0.15, 0.2) is 0 Å². The summed E-state index contributed by atoms with van der Waals surface area (Å²) >= 11 is 0. The van der Waals surface area contributed by atoms with Gasteiger partial charge in [-0.3, -0.25) is 19.3 Å². The molecule has 5 heteroatoms. The minimum absolute atomic E-state index is 0.0359. The molecule has 1 saturated heterocycles. The lowest BCUT2D eigenvalue weighted by Gasteiger charge is -2.36. The maximum absolute atomic E-state index is 12.5. The van der Waals surface area contributed by atoms with Crippen molar-refractivity contribution >= 4 is 17.7 Å². The SMILES string of the molecule is CC1CCCCC1N(C)C(=O)CCN1C(=O)C2CCCCC2C1=O. The first-order valence-corrected chi connectivity index (χ1v) is 9.61. The molecule has 1 aliphatic heterocycles. The van der Waals surface area contributed by atoms with Crippen LogP contribution in [-0.2, 0) is 14.4 Å². The number of hydrogen-bond acceptors (Lipinski definition) is 3. The van der Waals surface area contributed by atoms with Gasteiger partial charge in [-0.1, -0.05) is 32.6 Å². The molecule has 2 aliphatic carbocycles. The van der Waals surface area contributed by atoms with Crippen molar-refractivity contribution in [3.8, 4) is 0 Å². The van der Waals surface area contributed by atoms with Gasteiger partial charge in [0.15, 0.2) is 0 Å². The van der Waals surface area contributed by atoms with Crippen LogP contribution in [0.4, 0.5) is 0 Å². The molecule has 4 unspecified atom stereocenters. The number of likely N-dealkylation sites (tertiary alicyclic amines) is 1. The predicted octanol–water partition coefficient (Wildman–Crippen LogP) is 2.59. The Morgan fingerprint density at radius 1 is 1.00 bits per heavy atom. The van der Waals surface area contributed by atoms with Crippen LogP contribution >= 0.6 is 0 Å². The largest absolute Gasteiger partial charge is 0.342 e. The third-order valence-electron chi connectivity index (χ3n) is 6.44. The molecular formula is C19H30N2O3. The van der Waals surface area contributed by atoms with Crippen molar-refractivity contribution in [2.24, 2.45) is 17.8 Å². The Hall–Kier alpha value is -1.39. The van der Waals surface area contributed by atoms with Gasteiger partial charge in [-0.2, -0.15) is 0 Å². The average molecular weight is 334 g/mol. The van der Waals surface area contributed by atoms with Gasteiger partial charge in [0, 0.05) is 26.1 Å². The van der Waals surface area contributed by atoms with Gasteiger partial charge in [-0.05, 0) is 31.6 Å². The molecule has 0 spiro atoms. The minimum Gasteiger partial charge on any atom is -0.342 e. The Bertz CT molecular complexity index is 495. The highest BCUT2D eigenvalue weighted by atomic mass is 16.2. The molecule has 134 valence electrons. The highest BCUT2D eigenvalue weighted by Crippen LogP contribution is 2.38. The maximum Gasteiger partial charge on any atom is 0.233 e. The van der Waals surface area contributed by atoms with Crippen molar-refractivity contribution in [2.45, 2.75) is 70.8 Å². The van der Waals surface area contributed by atoms with E-state index in [2.05, 4.69) is 6.92 Å². The smallest absolute Gasteiger partial charge is 0.233 e. The summed E-state index contributed by atoms with van der Waals surface area (Å²) in [5.41, 5.74) is 0. The first kappa shape index (κ1) is 17.4. The zero-order valence-corrected chi connectivity index (χ0v) is 15.0. The number of carbonyl (C=O) groups is 3. The molecule has 3 amide bonds. The number of nitrogens with zero attached hydrogens (tertiary/aromatic N) is 2. The predicted molar refractivity (Wildman–Crippen MR) is 91.0 cm³/mol. The molecule has 0 aromatic heterocycles. The van der Waals surface area contributed by atoms with E-state index in [1.54, 1.807) is 0 Å². The summed E-state index contributed by atoms with van der Waals surface area (Å²) in [6, 6.07) is 0.304. The minimum atomic E-state index is -0.113. The van der Waals surface area contributed by atoms with Gasteiger partial charge >= 0.3 is 0 Å². The summed E-state index contributed by atoms with van der Waals surface area (Å²) in [4.78, 5) is 40.7. The number of carbonyl (C=O) groups excluding carboxylic acids is 3. The quantitative estimate of drug-likeness (QED) is 0.743. The van der Waals surface area contributed by atoms with E-state index in [1.807, 2.05) is 11.9 Å². The van der Waals surface area contributed by atoms with E-state index in [-0.39, 0.29) is 42.5 Å². The molecule has 2 saturated carbocycles. The average Bonchev–Trinajstić information content (AvgIpc) is 2.84. The molecular weight excluding hydrogens is 304 g/mol. The van der Waals surface area contributed by atoms with Crippen LogP contribution < -0.4 is 0 Å². The van der Waals surface area contributed by atoms with Crippen LogP contribution in [-0.4, -0.2) is 47.2 Å². The van der Waals surface area contributed by atoms with Crippen LogP contribution in [0.5, 0.6) is 0 Å². The van der Waals surface area contributed by atoms with E-state index in [9.17, 15) is 14.4 Å². The molecule has 0 aromatic rings. The first-order chi connectivity index (χ1) is 11.5. The van der Waals surface area contributed by atoms with E-state index < -0.39 is 0 Å². The van der Waals surface area contributed by atoms with Crippen LogP contribution in [0.25, 0.3) is 0 Å². The molecule has 0 bridgehead atoms. The maximum atomic E-state index is 12.5. The van der Waals surface area contributed by atoms with Crippen LogP contribution in [0.2, 0.25) is 0 Å². The van der Waals surface area contributed by atoms with Crippen molar-refractivity contribution in [2.75, 3.05) is 13.6 Å². The van der Waals surface area contributed by atoms with Crippen LogP contribution in [0, 0.1) is 17.8 Å². The molecule has 0 radical (unpaired) electrons. The molecule has 24 heavy (non-hydrogen) atoms. The van der Waals surface area contributed by atoms with E-state index in [0.717, 1.165) is 32.1 Å². The van der Waals surface area contributed by atoms with Gasteiger partial charge in [-0.15, -0.1) is 0 Å². The summed E-state index contributed by atoms with van der Waals surface area (Å²) in [5.74, 6) is 0.294. The van der Waals surface area contributed by atoms with Crippen LogP contribution in [0.1, 0.15) is 64.7 Å². The van der Waals surface area contributed by atoms with E-state index in [0.29, 0.717) is 12.0 Å². The van der Waals surface area contributed by atoms with Crippen molar-refractivity contribution < 1.29 is 14.4 Å². The van der Waals surface area contributed by atoms with Gasteiger partial charge in [-0.25, -0.2) is 0 Å². The monoisotopic (exact) mass is 334 g/mol. The van der Waals surface area contributed by atoms with Gasteiger partial charge in [0.1, 0.15) is 0 Å². The summed E-state index contributed by atoms with van der Waals surface area (Å²) in [6.45, 7) is 2.47. The first-order valence-electron chi connectivity index (χ1n) is 9.61. The number of fused-ring (bicyclic) bond motifs is 1. The normalized spacial score (nSPS) is 33.5. The second kappa shape index (κ2) is 7.24. The second-order valence-electron chi connectivity index (χ2n) is 7.91. The molecule has 3 fully saturated rings. The fourth-order valence-electron chi connectivity index (χ4n) is 4.89. The summed E-state index contributed by atoms with van der Waals surface area (Å²) in [5, 5.41) is 0. The third kappa shape index (κ3) is 3.22. The lowest BCUT2D eigenvalue weighted by Crippen LogP contribution is -2.44. The van der Waals surface area contributed by atoms with Crippen molar-refractivity contribution in [3.63, 3.8) is 0 Å². The molecule has 1 heterocycles. The number of hydrogen-bond donors (Lipinski definition) is 0. The lowest BCUT2D eigenvalue weighted by molar-refractivity contribution is -0.141. The lowest BCUT2D eigenvalue weighted by atomic mass is 9.81. The van der Waals surface area contributed by atoms with Gasteiger partial charge in [0.05, 0.1) is 11.8 Å². The number of rotatable bonds is 4. The second-order valence-corrected chi connectivity index (χ2v) is 7.91. The highest BCUT2D eigenvalue weighted by molar-refractivity contribution is 6.05.